The van der Waals surface area contributed by atoms with E-state index in [9.17, 15) is 14.9 Å². The second kappa shape index (κ2) is 8.06. The molecule has 2 atom stereocenters. The van der Waals surface area contributed by atoms with Gasteiger partial charge < -0.3 is 9.80 Å². The van der Waals surface area contributed by atoms with Gasteiger partial charge in [-0.2, -0.15) is 0 Å². The van der Waals surface area contributed by atoms with Crippen LogP contribution in [0.15, 0.2) is 18.2 Å². The van der Waals surface area contributed by atoms with Crippen molar-refractivity contribution in [3.05, 3.63) is 33.9 Å². The first kappa shape index (κ1) is 18.7. The molecule has 1 aromatic rings. The summed E-state index contributed by atoms with van der Waals surface area (Å²) in [5.74, 6) is -0.0878. The van der Waals surface area contributed by atoms with Crippen molar-refractivity contribution in [1.82, 2.24) is 4.90 Å². The van der Waals surface area contributed by atoms with Gasteiger partial charge in [-0.15, -0.1) is 0 Å². The van der Waals surface area contributed by atoms with Gasteiger partial charge in [0, 0.05) is 36.8 Å². The van der Waals surface area contributed by atoms with Crippen LogP contribution in [-0.2, 0) is 0 Å². The minimum Gasteiger partial charge on any atom is -0.366 e. The number of amides is 1. The highest BCUT2D eigenvalue weighted by Gasteiger charge is 2.31. The molecule has 0 unspecified atom stereocenters. The summed E-state index contributed by atoms with van der Waals surface area (Å²) < 4.78 is 0. The van der Waals surface area contributed by atoms with Gasteiger partial charge in [-0.25, -0.2) is 0 Å². The van der Waals surface area contributed by atoms with Gasteiger partial charge in [-0.05, 0) is 58.1 Å². The zero-order valence-electron chi connectivity index (χ0n) is 15.8. The Bertz CT molecular complexity index is 658. The molecular weight excluding hydrogens is 330 g/mol. The molecule has 2 saturated heterocycles. The van der Waals surface area contributed by atoms with E-state index in [0.717, 1.165) is 45.2 Å². The van der Waals surface area contributed by atoms with E-state index in [-0.39, 0.29) is 28.6 Å². The normalized spacial score (nSPS) is 24.2. The van der Waals surface area contributed by atoms with Crippen LogP contribution in [0.4, 0.5) is 11.4 Å². The number of carbonyl (C=O) groups is 1. The summed E-state index contributed by atoms with van der Waals surface area (Å²) in [4.78, 5) is 28.4. The molecule has 0 radical (unpaired) electrons. The molecule has 0 aliphatic carbocycles. The molecule has 6 nitrogen and oxygen atoms in total. The van der Waals surface area contributed by atoms with E-state index < -0.39 is 0 Å². The van der Waals surface area contributed by atoms with Crippen LogP contribution in [0.2, 0.25) is 0 Å². The molecule has 1 aromatic carbocycles. The number of rotatable bonds is 3. The molecule has 26 heavy (non-hydrogen) atoms. The average Bonchev–Trinajstić information content (AvgIpc) is 2.90. The lowest BCUT2D eigenvalue weighted by Crippen LogP contribution is -2.47. The molecule has 142 valence electrons. The Hall–Kier alpha value is -2.11. The van der Waals surface area contributed by atoms with Gasteiger partial charge in [0.2, 0.25) is 0 Å². The van der Waals surface area contributed by atoms with E-state index in [1.54, 1.807) is 12.1 Å². The van der Waals surface area contributed by atoms with E-state index in [4.69, 9.17) is 0 Å². The van der Waals surface area contributed by atoms with Crippen molar-refractivity contribution < 1.29 is 9.72 Å². The first-order valence-corrected chi connectivity index (χ1v) is 9.85. The van der Waals surface area contributed by atoms with Gasteiger partial charge in [0.25, 0.3) is 11.6 Å². The maximum atomic E-state index is 13.0. The monoisotopic (exact) mass is 359 g/mol. The van der Waals surface area contributed by atoms with Crippen molar-refractivity contribution in [3.8, 4) is 0 Å². The molecule has 2 aliphatic rings. The van der Waals surface area contributed by atoms with Crippen LogP contribution >= 0.6 is 0 Å². The smallest absolute Gasteiger partial charge is 0.293 e. The predicted molar refractivity (Wildman–Crippen MR) is 103 cm³/mol. The number of carbonyl (C=O) groups excluding carboxylic acids is 1. The number of nitrogens with zero attached hydrogens (tertiary/aromatic N) is 3. The number of likely N-dealkylation sites (tertiary alicyclic amines) is 1. The van der Waals surface area contributed by atoms with Crippen LogP contribution in [0.5, 0.6) is 0 Å². The Morgan fingerprint density at radius 3 is 2.23 bits per heavy atom. The fraction of sp³-hybridized carbons (Fsp3) is 0.650. The Morgan fingerprint density at radius 2 is 1.65 bits per heavy atom. The highest BCUT2D eigenvalue weighted by Crippen LogP contribution is 2.32. The first-order valence-electron chi connectivity index (χ1n) is 9.85. The summed E-state index contributed by atoms with van der Waals surface area (Å²) in [6.45, 7) is 5.81. The second-order valence-corrected chi connectivity index (χ2v) is 7.70. The van der Waals surface area contributed by atoms with E-state index in [1.165, 1.54) is 18.9 Å². The molecule has 0 bridgehead atoms. The van der Waals surface area contributed by atoms with Gasteiger partial charge in [0.15, 0.2) is 0 Å². The Morgan fingerprint density at radius 1 is 1.04 bits per heavy atom. The molecule has 3 rings (SSSR count). The third-order valence-corrected chi connectivity index (χ3v) is 5.79. The van der Waals surface area contributed by atoms with Crippen LogP contribution in [0, 0.1) is 10.1 Å². The molecular formula is C20H29N3O3. The zero-order valence-corrected chi connectivity index (χ0v) is 15.8. The lowest BCUT2D eigenvalue weighted by molar-refractivity contribution is -0.384. The largest absolute Gasteiger partial charge is 0.366 e. The summed E-state index contributed by atoms with van der Waals surface area (Å²) in [7, 11) is 0. The highest BCUT2D eigenvalue weighted by molar-refractivity contribution is 5.96. The molecule has 1 amide bonds. The van der Waals surface area contributed by atoms with Gasteiger partial charge in [-0.1, -0.05) is 12.8 Å². The zero-order chi connectivity index (χ0) is 18.7. The minimum absolute atomic E-state index is 0.0510. The third-order valence-electron chi connectivity index (χ3n) is 5.79. The summed E-state index contributed by atoms with van der Waals surface area (Å²) in [5.41, 5.74) is 1.12. The van der Waals surface area contributed by atoms with E-state index in [2.05, 4.69) is 18.7 Å². The van der Waals surface area contributed by atoms with Gasteiger partial charge in [0.05, 0.1) is 4.92 Å². The number of nitro benzene ring substituents is 1. The van der Waals surface area contributed by atoms with Crippen molar-refractivity contribution >= 4 is 17.3 Å². The van der Waals surface area contributed by atoms with Crippen LogP contribution in [-0.4, -0.2) is 40.9 Å². The third kappa shape index (κ3) is 3.84. The summed E-state index contributed by atoms with van der Waals surface area (Å²) in [6, 6.07) is 5.38. The summed E-state index contributed by atoms with van der Waals surface area (Å²) in [5, 5.41) is 11.7. The van der Waals surface area contributed by atoms with Crippen LogP contribution in [0.3, 0.4) is 0 Å². The van der Waals surface area contributed by atoms with E-state index in [1.807, 2.05) is 4.90 Å². The summed E-state index contributed by atoms with van der Waals surface area (Å²) >= 11 is 0. The maximum absolute atomic E-state index is 13.0. The quantitative estimate of drug-likeness (QED) is 0.593. The van der Waals surface area contributed by atoms with Crippen molar-refractivity contribution in [2.24, 2.45) is 0 Å². The Balaban J connectivity index is 1.90. The van der Waals surface area contributed by atoms with Crippen molar-refractivity contribution in [1.29, 1.82) is 0 Å². The van der Waals surface area contributed by atoms with Crippen molar-refractivity contribution in [3.63, 3.8) is 0 Å². The van der Waals surface area contributed by atoms with Gasteiger partial charge >= 0.3 is 0 Å². The van der Waals surface area contributed by atoms with Crippen molar-refractivity contribution in [2.45, 2.75) is 70.9 Å². The number of nitro groups is 1. The number of hydrogen-bond acceptors (Lipinski definition) is 4. The Labute approximate surface area is 155 Å². The molecule has 6 heteroatoms. The molecule has 2 heterocycles. The van der Waals surface area contributed by atoms with Gasteiger partial charge in [0.1, 0.15) is 5.69 Å². The van der Waals surface area contributed by atoms with E-state index in [0.29, 0.717) is 11.3 Å². The van der Waals surface area contributed by atoms with Gasteiger partial charge in [-0.3, -0.25) is 14.9 Å². The van der Waals surface area contributed by atoms with Crippen LogP contribution < -0.4 is 4.90 Å². The minimum atomic E-state index is -0.347. The fourth-order valence-corrected chi connectivity index (χ4v) is 4.35. The molecule has 0 spiro atoms. The standard InChI is InChI=1S/C20H29N3O3/c1-15-8-7-9-16(2)22(15)20(24)17-10-11-18(19(14-17)23(25)26)21-12-5-3-4-6-13-21/h10-11,14-16H,3-9,12-13H2,1-2H3/t15-,16-/m1/s1. The average molecular weight is 359 g/mol. The van der Waals surface area contributed by atoms with Crippen LogP contribution in [0.25, 0.3) is 0 Å². The highest BCUT2D eigenvalue weighted by atomic mass is 16.6. The maximum Gasteiger partial charge on any atom is 0.293 e. The molecule has 0 saturated carbocycles. The SMILES string of the molecule is C[C@@H]1CCC[C@@H](C)N1C(=O)c1ccc(N2CCCCCC2)c([N+](=O)[O-])c1. The number of piperidine rings is 1. The summed E-state index contributed by atoms with van der Waals surface area (Å²) in [6.07, 6.45) is 7.56. The molecule has 0 aromatic heterocycles. The number of anilines is 1. The van der Waals surface area contributed by atoms with Crippen molar-refractivity contribution in [2.75, 3.05) is 18.0 Å². The number of hydrogen-bond donors (Lipinski definition) is 0. The lowest BCUT2D eigenvalue weighted by Gasteiger charge is -2.39. The van der Waals surface area contributed by atoms with Crippen LogP contribution in [0.1, 0.15) is 69.2 Å². The topological polar surface area (TPSA) is 66.7 Å². The first-order chi connectivity index (χ1) is 12.5. The lowest BCUT2D eigenvalue weighted by atomic mass is 9.96. The predicted octanol–water partition coefficient (Wildman–Crippen LogP) is 4.38. The van der Waals surface area contributed by atoms with E-state index >= 15 is 0 Å². The fourth-order valence-electron chi connectivity index (χ4n) is 4.35. The molecule has 2 fully saturated rings. The Kier molecular flexibility index (Phi) is 5.79. The molecule has 2 aliphatic heterocycles. The number of benzene rings is 1. The second-order valence-electron chi connectivity index (χ2n) is 7.70. The molecule has 0 N–H and O–H groups in total.